The minimum absolute atomic E-state index is 0.0649. The maximum Gasteiger partial charge on any atom is 0.453 e. The number of hydrogen-bond donors (Lipinski definition) is 0. The summed E-state index contributed by atoms with van der Waals surface area (Å²) in [7, 11) is 0. The van der Waals surface area contributed by atoms with Crippen LogP contribution in [0.1, 0.15) is 103 Å². The summed E-state index contributed by atoms with van der Waals surface area (Å²) >= 11 is 0. The van der Waals surface area contributed by atoms with E-state index in [0.717, 1.165) is 58.3 Å². The summed E-state index contributed by atoms with van der Waals surface area (Å²) in [4.78, 5) is 0. The van der Waals surface area contributed by atoms with Crippen molar-refractivity contribution in [1.29, 1.82) is 0 Å². The molecule has 1 rings (SSSR count). The molecule has 0 N–H and O–H groups in total. The lowest BCUT2D eigenvalue weighted by molar-refractivity contribution is -0.284. The Morgan fingerprint density at radius 2 is 1.21 bits per heavy atom. The zero-order chi connectivity index (χ0) is 21.4. The summed E-state index contributed by atoms with van der Waals surface area (Å²) in [6.07, 6.45) is 8.60. The number of rotatable bonds is 18. The van der Waals surface area contributed by atoms with Crippen molar-refractivity contribution < 1.29 is 31.4 Å². The second kappa shape index (κ2) is 15.4. The molecule has 0 aromatic rings. The molecule has 0 radical (unpaired) electrons. The Morgan fingerprint density at radius 1 is 0.690 bits per heavy atom. The minimum Gasteiger partial charge on any atom is -0.381 e. The Balaban J connectivity index is 1.73. The zero-order valence-electron chi connectivity index (χ0n) is 17.7. The molecule has 0 spiro atoms. The van der Waals surface area contributed by atoms with Crippen LogP contribution >= 0.6 is 0 Å². The van der Waals surface area contributed by atoms with Gasteiger partial charge in [-0.05, 0) is 32.1 Å². The minimum atomic E-state index is -5.41. The predicted octanol–water partition coefficient (Wildman–Crippen LogP) is 7.84. The lowest BCUT2D eigenvalue weighted by atomic mass is 10.0. The number of ether oxygens (including phenoxy) is 2. The van der Waals surface area contributed by atoms with Gasteiger partial charge in [-0.15, -0.1) is 0 Å². The smallest absolute Gasteiger partial charge is 0.381 e. The van der Waals surface area contributed by atoms with Crippen LogP contribution in [0.3, 0.4) is 0 Å². The van der Waals surface area contributed by atoms with Gasteiger partial charge in [-0.1, -0.05) is 64.2 Å². The average Bonchev–Trinajstić information content (AvgIpc) is 3.16. The SMILES string of the molecule is FC(F)(F)C(F)(F)CCCCCCCCCCCCCCOCCC1CCCO1. The maximum atomic E-state index is 12.7. The van der Waals surface area contributed by atoms with E-state index < -0.39 is 18.5 Å². The topological polar surface area (TPSA) is 18.5 Å². The maximum absolute atomic E-state index is 12.7. The number of unbranched alkanes of at least 4 members (excludes halogenated alkanes) is 11. The molecule has 1 saturated heterocycles. The van der Waals surface area contributed by atoms with E-state index in [9.17, 15) is 22.0 Å². The largest absolute Gasteiger partial charge is 0.453 e. The van der Waals surface area contributed by atoms with Gasteiger partial charge >= 0.3 is 12.1 Å². The third-order valence-corrected chi connectivity index (χ3v) is 5.55. The van der Waals surface area contributed by atoms with Gasteiger partial charge in [0.2, 0.25) is 0 Å². The van der Waals surface area contributed by atoms with E-state index in [1.807, 2.05) is 0 Å². The Morgan fingerprint density at radius 3 is 1.69 bits per heavy atom. The molecule has 1 unspecified atom stereocenters. The molecule has 7 heteroatoms. The van der Waals surface area contributed by atoms with Crippen LogP contribution in [0.25, 0.3) is 0 Å². The zero-order valence-corrected chi connectivity index (χ0v) is 17.7. The van der Waals surface area contributed by atoms with Gasteiger partial charge in [0.15, 0.2) is 0 Å². The van der Waals surface area contributed by atoms with Crippen molar-refractivity contribution in [3.05, 3.63) is 0 Å². The van der Waals surface area contributed by atoms with Crippen molar-refractivity contribution >= 4 is 0 Å². The molecule has 0 aliphatic carbocycles. The van der Waals surface area contributed by atoms with Crippen molar-refractivity contribution in [3.8, 4) is 0 Å². The van der Waals surface area contributed by atoms with Gasteiger partial charge in [0, 0.05) is 26.2 Å². The van der Waals surface area contributed by atoms with E-state index in [-0.39, 0.29) is 6.42 Å². The Bertz CT molecular complexity index is 382. The summed E-state index contributed by atoms with van der Waals surface area (Å²) in [5.74, 6) is -4.54. The molecule has 1 aliphatic heterocycles. The molecule has 0 aromatic heterocycles. The van der Waals surface area contributed by atoms with Crippen molar-refractivity contribution in [1.82, 2.24) is 0 Å². The summed E-state index contributed by atoms with van der Waals surface area (Å²) < 4.78 is 72.7. The highest BCUT2D eigenvalue weighted by Crippen LogP contribution is 2.39. The molecule has 0 amide bonds. The second-order valence-electron chi connectivity index (χ2n) is 8.23. The van der Waals surface area contributed by atoms with E-state index in [0.29, 0.717) is 12.5 Å². The highest BCUT2D eigenvalue weighted by Gasteiger charge is 2.56. The van der Waals surface area contributed by atoms with Gasteiger partial charge in [-0.25, -0.2) is 0 Å². The highest BCUT2D eigenvalue weighted by molar-refractivity contribution is 4.75. The molecular weight excluding hydrogens is 391 g/mol. The summed E-state index contributed by atoms with van der Waals surface area (Å²) in [6, 6.07) is 0. The van der Waals surface area contributed by atoms with Gasteiger partial charge in [0.1, 0.15) is 0 Å². The monoisotopic (exact) mass is 430 g/mol. The van der Waals surface area contributed by atoms with Crippen LogP contribution < -0.4 is 0 Å². The number of hydrogen-bond acceptors (Lipinski definition) is 2. The summed E-state index contributed by atoms with van der Waals surface area (Å²) in [5.41, 5.74) is 0. The van der Waals surface area contributed by atoms with Gasteiger partial charge in [0.05, 0.1) is 6.10 Å². The third-order valence-electron chi connectivity index (χ3n) is 5.55. The molecule has 0 aromatic carbocycles. The van der Waals surface area contributed by atoms with E-state index in [1.165, 1.54) is 44.9 Å². The van der Waals surface area contributed by atoms with E-state index >= 15 is 0 Å². The number of halogens is 5. The molecule has 1 heterocycles. The Labute approximate surface area is 172 Å². The van der Waals surface area contributed by atoms with Crippen molar-refractivity contribution in [2.45, 2.75) is 121 Å². The first-order valence-electron chi connectivity index (χ1n) is 11.5. The van der Waals surface area contributed by atoms with Gasteiger partial charge in [-0.2, -0.15) is 22.0 Å². The molecular formula is C22H39F5O2. The normalized spacial score (nSPS) is 17.9. The number of alkyl halides is 5. The fourth-order valence-corrected chi connectivity index (χ4v) is 3.65. The molecule has 1 fully saturated rings. The van der Waals surface area contributed by atoms with Gasteiger partial charge < -0.3 is 9.47 Å². The van der Waals surface area contributed by atoms with E-state index in [1.54, 1.807) is 0 Å². The van der Waals surface area contributed by atoms with Gasteiger partial charge in [0.25, 0.3) is 0 Å². The first-order chi connectivity index (χ1) is 13.8. The molecule has 29 heavy (non-hydrogen) atoms. The fourth-order valence-electron chi connectivity index (χ4n) is 3.65. The van der Waals surface area contributed by atoms with Crippen LogP contribution in [-0.4, -0.2) is 38.0 Å². The Hall–Kier alpha value is -0.430. The fraction of sp³-hybridized carbons (Fsp3) is 1.00. The van der Waals surface area contributed by atoms with Crippen LogP contribution in [0.15, 0.2) is 0 Å². The molecule has 0 bridgehead atoms. The third kappa shape index (κ3) is 13.5. The second-order valence-corrected chi connectivity index (χ2v) is 8.23. The van der Waals surface area contributed by atoms with Crippen molar-refractivity contribution in [3.63, 3.8) is 0 Å². The first kappa shape index (κ1) is 26.6. The van der Waals surface area contributed by atoms with Crippen LogP contribution in [0.4, 0.5) is 22.0 Å². The molecule has 1 aliphatic rings. The molecule has 174 valence electrons. The molecule has 1 atom stereocenters. The van der Waals surface area contributed by atoms with Crippen molar-refractivity contribution in [2.24, 2.45) is 0 Å². The van der Waals surface area contributed by atoms with Crippen LogP contribution in [-0.2, 0) is 9.47 Å². The van der Waals surface area contributed by atoms with E-state index in [2.05, 4.69) is 0 Å². The van der Waals surface area contributed by atoms with Crippen LogP contribution in [0.2, 0.25) is 0 Å². The molecule has 2 nitrogen and oxygen atoms in total. The van der Waals surface area contributed by atoms with Crippen LogP contribution in [0, 0.1) is 0 Å². The predicted molar refractivity (Wildman–Crippen MR) is 105 cm³/mol. The standard InChI is InChI=1S/C22H39F5O2/c23-21(24,22(25,26)27)16-11-9-7-5-3-1-2-4-6-8-10-12-17-28-19-15-20-14-13-18-29-20/h20H,1-19H2. The first-order valence-corrected chi connectivity index (χ1v) is 11.5. The lowest BCUT2D eigenvalue weighted by Gasteiger charge is -2.19. The van der Waals surface area contributed by atoms with Gasteiger partial charge in [-0.3, -0.25) is 0 Å². The van der Waals surface area contributed by atoms with Crippen molar-refractivity contribution in [2.75, 3.05) is 19.8 Å². The quantitative estimate of drug-likeness (QED) is 0.163. The highest BCUT2D eigenvalue weighted by atomic mass is 19.4. The van der Waals surface area contributed by atoms with Crippen LogP contribution in [0.5, 0.6) is 0 Å². The Kier molecular flexibility index (Phi) is 14.1. The summed E-state index contributed by atoms with van der Waals surface area (Å²) in [6.45, 7) is 2.54. The summed E-state index contributed by atoms with van der Waals surface area (Å²) in [5, 5.41) is 0. The molecule has 0 saturated carbocycles. The van der Waals surface area contributed by atoms with E-state index in [4.69, 9.17) is 9.47 Å². The lowest BCUT2D eigenvalue weighted by Crippen LogP contribution is -2.36. The average molecular weight is 431 g/mol.